The lowest BCUT2D eigenvalue weighted by Crippen LogP contribution is -2.58. The zero-order valence-corrected chi connectivity index (χ0v) is 17.6. The second kappa shape index (κ2) is 8.85. The highest BCUT2D eigenvalue weighted by molar-refractivity contribution is 5.98. The van der Waals surface area contributed by atoms with Crippen LogP contribution in [-0.2, 0) is 4.79 Å². The Morgan fingerprint density at radius 3 is 2.42 bits per heavy atom. The van der Waals surface area contributed by atoms with Crippen LogP contribution in [0.1, 0.15) is 28.8 Å². The lowest BCUT2D eigenvalue weighted by Gasteiger charge is -2.42. The summed E-state index contributed by atoms with van der Waals surface area (Å²) in [4.78, 5) is 42.5. The third kappa shape index (κ3) is 4.29. The predicted octanol–water partition coefficient (Wildman–Crippen LogP) is 2.86. The second-order valence-corrected chi connectivity index (χ2v) is 8.07. The summed E-state index contributed by atoms with van der Waals surface area (Å²) in [6.45, 7) is 4.60. The highest BCUT2D eigenvalue weighted by atomic mass is 16.6. The summed E-state index contributed by atoms with van der Waals surface area (Å²) in [6.07, 6.45) is 1.76. The Hall–Kier alpha value is -3.26. The topological polar surface area (TPSA) is 87.0 Å². The van der Waals surface area contributed by atoms with Crippen molar-refractivity contribution in [2.45, 2.75) is 25.8 Å². The Morgan fingerprint density at radius 2 is 1.74 bits per heavy atom. The number of rotatable bonds is 4. The third-order valence-electron chi connectivity index (χ3n) is 6.17. The van der Waals surface area contributed by atoms with Gasteiger partial charge in [-0.3, -0.25) is 24.6 Å². The van der Waals surface area contributed by atoms with Crippen LogP contribution >= 0.6 is 0 Å². The van der Waals surface area contributed by atoms with Gasteiger partial charge in [0.05, 0.1) is 11.0 Å². The number of benzene rings is 2. The number of nitro benzene ring substituents is 1. The van der Waals surface area contributed by atoms with Gasteiger partial charge in [0.2, 0.25) is 5.91 Å². The van der Waals surface area contributed by atoms with Crippen molar-refractivity contribution in [3.8, 4) is 0 Å². The van der Waals surface area contributed by atoms with Gasteiger partial charge < -0.3 is 9.80 Å². The number of anilines is 1. The van der Waals surface area contributed by atoms with Crippen molar-refractivity contribution < 1.29 is 14.5 Å². The molecule has 2 heterocycles. The van der Waals surface area contributed by atoms with Crippen LogP contribution in [0.25, 0.3) is 0 Å². The first-order valence-electron chi connectivity index (χ1n) is 10.6. The molecule has 2 aromatic carbocycles. The fraction of sp³-hybridized carbons (Fsp3) is 0.391. The highest BCUT2D eigenvalue weighted by Crippen LogP contribution is 2.25. The summed E-state index contributed by atoms with van der Waals surface area (Å²) >= 11 is 0. The maximum atomic E-state index is 13.1. The summed E-state index contributed by atoms with van der Waals surface area (Å²) in [7, 11) is 0. The summed E-state index contributed by atoms with van der Waals surface area (Å²) in [5, 5.41) is 11.2. The Balaban J connectivity index is 1.40. The number of carbonyl (C=O) groups excluding carboxylic acids is 2. The molecule has 0 N–H and O–H groups in total. The summed E-state index contributed by atoms with van der Waals surface area (Å²) < 4.78 is 0. The molecular weight excluding hydrogens is 396 g/mol. The standard InChI is InChI=1S/C23H26N4O4/c1-17-9-10-18(16-21(17)27(30)31)22(28)25-14-12-24(13-15-25)20-8-5-11-26(23(20)29)19-6-3-2-4-7-19/h2-4,6-7,9-10,16,20H,5,8,11-15H2,1H3/t20-/m0/s1. The molecule has 2 saturated heterocycles. The molecule has 2 fully saturated rings. The molecule has 0 unspecified atom stereocenters. The van der Waals surface area contributed by atoms with Crippen LogP contribution in [0.5, 0.6) is 0 Å². The average molecular weight is 422 g/mol. The highest BCUT2D eigenvalue weighted by Gasteiger charge is 2.36. The van der Waals surface area contributed by atoms with Crippen LogP contribution in [-0.4, -0.2) is 65.3 Å². The number of hydrogen-bond acceptors (Lipinski definition) is 5. The van der Waals surface area contributed by atoms with Gasteiger partial charge in [-0.05, 0) is 38.0 Å². The van der Waals surface area contributed by atoms with Gasteiger partial charge in [0.15, 0.2) is 0 Å². The van der Waals surface area contributed by atoms with Crippen molar-refractivity contribution in [2.75, 3.05) is 37.6 Å². The van der Waals surface area contributed by atoms with Crippen LogP contribution in [0.3, 0.4) is 0 Å². The minimum absolute atomic E-state index is 0.0432. The molecular formula is C23H26N4O4. The van der Waals surface area contributed by atoms with Crippen molar-refractivity contribution >= 4 is 23.2 Å². The maximum Gasteiger partial charge on any atom is 0.273 e. The summed E-state index contributed by atoms with van der Waals surface area (Å²) in [6, 6.07) is 14.2. The van der Waals surface area contributed by atoms with Gasteiger partial charge in [-0.1, -0.05) is 24.3 Å². The van der Waals surface area contributed by atoms with Crippen molar-refractivity contribution in [1.82, 2.24) is 9.80 Å². The monoisotopic (exact) mass is 422 g/mol. The van der Waals surface area contributed by atoms with E-state index in [1.54, 1.807) is 24.0 Å². The molecule has 8 heteroatoms. The molecule has 2 aliphatic heterocycles. The summed E-state index contributed by atoms with van der Waals surface area (Å²) in [5.41, 5.74) is 1.74. The summed E-state index contributed by atoms with van der Waals surface area (Å²) in [5.74, 6) is -0.0879. The molecule has 0 aliphatic carbocycles. The molecule has 2 amide bonds. The molecule has 1 atom stereocenters. The molecule has 0 saturated carbocycles. The fourth-order valence-electron chi connectivity index (χ4n) is 4.42. The number of piperidine rings is 1. The first-order chi connectivity index (χ1) is 15.0. The van der Waals surface area contributed by atoms with Gasteiger partial charge in [0.25, 0.3) is 11.6 Å². The molecule has 0 spiro atoms. The van der Waals surface area contributed by atoms with E-state index in [2.05, 4.69) is 4.90 Å². The lowest BCUT2D eigenvalue weighted by molar-refractivity contribution is -0.385. The van der Waals surface area contributed by atoms with Gasteiger partial charge in [-0.2, -0.15) is 0 Å². The van der Waals surface area contributed by atoms with Crippen LogP contribution in [0.15, 0.2) is 48.5 Å². The molecule has 4 rings (SSSR count). The molecule has 8 nitrogen and oxygen atoms in total. The van der Waals surface area contributed by atoms with Crippen molar-refractivity contribution in [1.29, 1.82) is 0 Å². The van der Waals surface area contributed by atoms with Gasteiger partial charge >= 0.3 is 0 Å². The molecule has 0 bridgehead atoms. The van der Waals surface area contributed by atoms with Crippen LogP contribution in [0.4, 0.5) is 11.4 Å². The van der Waals surface area contributed by atoms with Gasteiger partial charge in [0, 0.05) is 55.6 Å². The average Bonchev–Trinajstić information content (AvgIpc) is 2.79. The van der Waals surface area contributed by atoms with E-state index < -0.39 is 4.92 Å². The normalized spacial score (nSPS) is 20.0. The third-order valence-corrected chi connectivity index (χ3v) is 6.17. The van der Waals surface area contributed by atoms with Gasteiger partial charge in [-0.15, -0.1) is 0 Å². The SMILES string of the molecule is Cc1ccc(C(=O)N2CCN([C@H]3CCCN(c4ccccc4)C3=O)CC2)cc1[N+](=O)[O-]. The first kappa shape index (κ1) is 21.0. The second-order valence-electron chi connectivity index (χ2n) is 8.07. The van der Waals surface area contributed by atoms with Gasteiger partial charge in [-0.25, -0.2) is 0 Å². The molecule has 0 aromatic heterocycles. The Labute approximate surface area is 181 Å². The van der Waals surface area contributed by atoms with Crippen molar-refractivity contribution in [2.24, 2.45) is 0 Å². The quantitative estimate of drug-likeness (QED) is 0.559. The fourth-order valence-corrected chi connectivity index (χ4v) is 4.42. The van der Waals surface area contributed by atoms with Crippen LogP contribution in [0.2, 0.25) is 0 Å². The van der Waals surface area contributed by atoms with E-state index in [0.29, 0.717) is 37.3 Å². The van der Waals surface area contributed by atoms with E-state index in [1.807, 2.05) is 35.2 Å². The number of amides is 2. The smallest absolute Gasteiger partial charge is 0.273 e. The van der Waals surface area contributed by atoms with Gasteiger partial charge in [0.1, 0.15) is 0 Å². The van der Waals surface area contributed by atoms with E-state index in [0.717, 1.165) is 25.1 Å². The molecule has 2 aliphatic rings. The lowest BCUT2D eigenvalue weighted by atomic mass is 10.0. The van der Waals surface area contributed by atoms with Crippen LogP contribution < -0.4 is 4.90 Å². The first-order valence-corrected chi connectivity index (χ1v) is 10.6. The number of nitrogens with zero attached hydrogens (tertiary/aromatic N) is 4. The zero-order chi connectivity index (χ0) is 22.0. The Morgan fingerprint density at radius 1 is 1.03 bits per heavy atom. The number of carbonyl (C=O) groups is 2. The number of piperazine rings is 1. The van der Waals surface area contributed by atoms with E-state index >= 15 is 0 Å². The number of hydrogen-bond donors (Lipinski definition) is 0. The predicted molar refractivity (Wildman–Crippen MR) is 117 cm³/mol. The molecule has 162 valence electrons. The van der Waals surface area contributed by atoms with E-state index in [-0.39, 0.29) is 23.5 Å². The number of nitro groups is 1. The minimum Gasteiger partial charge on any atom is -0.336 e. The van der Waals surface area contributed by atoms with E-state index in [4.69, 9.17) is 0 Å². The molecule has 31 heavy (non-hydrogen) atoms. The van der Waals surface area contributed by atoms with Crippen molar-refractivity contribution in [3.05, 3.63) is 69.8 Å². The van der Waals surface area contributed by atoms with E-state index in [1.165, 1.54) is 6.07 Å². The molecule has 0 radical (unpaired) electrons. The zero-order valence-electron chi connectivity index (χ0n) is 17.6. The maximum absolute atomic E-state index is 13.1. The van der Waals surface area contributed by atoms with Crippen molar-refractivity contribution in [3.63, 3.8) is 0 Å². The largest absolute Gasteiger partial charge is 0.336 e. The number of aryl methyl sites for hydroxylation is 1. The number of para-hydroxylation sites is 1. The van der Waals surface area contributed by atoms with Crippen LogP contribution in [0, 0.1) is 17.0 Å². The molecule has 2 aromatic rings. The Kier molecular flexibility index (Phi) is 5.99. The van der Waals surface area contributed by atoms with E-state index in [9.17, 15) is 19.7 Å². The Bertz CT molecular complexity index is 986. The minimum atomic E-state index is -0.461.